The number of rotatable bonds is 5. The summed E-state index contributed by atoms with van der Waals surface area (Å²) in [4.78, 5) is 16.0. The standard InChI is InChI=1S/C16H18N2O2/c1-3-12-7-8-15(20-2)13(10-12)11-18-16(19)14-6-4-5-9-17-14/h4-10H,3,11H2,1-2H3,(H,18,19). The van der Waals surface area contributed by atoms with E-state index in [9.17, 15) is 4.79 Å². The number of ether oxygens (including phenoxy) is 1. The summed E-state index contributed by atoms with van der Waals surface area (Å²) in [6.45, 7) is 2.52. The molecule has 1 heterocycles. The second-order valence-electron chi connectivity index (χ2n) is 4.40. The first kappa shape index (κ1) is 14.1. The summed E-state index contributed by atoms with van der Waals surface area (Å²) in [5.74, 6) is 0.595. The number of amides is 1. The van der Waals surface area contributed by atoms with E-state index in [4.69, 9.17) is 4.74 Å². The fourth-order valence-corrected chi connectivity index (χ4v) is 1.95. The van der Waals surface area contributed by atoms with Gasteiger partial charge in [0.05, 0.1) is 7.11 Å². The van der Waals surface area contributed by atoms with Crippen LogP contribution in [0, 0.1) is 0 Å². The predicted octanol–water partition coefficient (Wildman–Crippen LogP) is 2.58. The molecule has 20 heavy (non-hydrogen) atoms. The van der Waals surface area contributed by atoms with Crippen LogP contribution >= 0.6 is 0 Å². The third-order valence-electron chi connectivity index (χ3n) is 3.09. The molecule has 0 spiro atoms. The molecule has 0 aliphatic rings. The van der Waals surface area contributed by atoms with Crippen LogP contribution in [0.3, 0.4) is 0 Å². The third-order valence-corrected chi connectivity index (χ3v) is 3.09. The predicted molar refractivity (Wildman–Crippen MR) is 77.8 cm³/mol. The van der Waals surface area contributed by atoms with Crippen molar-refractivity contribution < 1.29 is 9.53 Å². The van der Waals surface area contributed by atoms with Crippen LogP contribution < -0.4 is 10.1 Å². The van der Waals surface area contributed by atoms with E-state index in [1.54, 1.807) is 31.5 Å². The van der Waals surface area contributed by atoms with Crippen LogP contribution in [0.2, 0.25) is 0 Å². The zero-order chi connectivity index (χ0) is 14.4. The summed E-state index contributed by atoms with van der Waals surface area (Å²) in [7, 11) is 1.63. The number of aromatic nitrogens is 1. The second-order valence-corrected chi connectivity index (χ2v) is 4.40. The molecular formula is C16H18N2O2. The lowest BCUT2D eigenvalue weighted by molar-refractivity contribution is 0.0945. The fraction of sp³-hybridized carbons (Fsp3) is 0.250. The van der Waals surface area contributed by atoms with Crippen molar-refractivity contribution in [1.29, 1.82) is 0 Å². The molecule has 1 N–H and O–H groups in total. The molecule has 1 amide bonds. The molecule has 0 aliphatic carbocycles. The zero-order valence-corrected chi connectivity index (χ0v) is 11.7. The molecule has 0 saturated heterocycles. The van der Waals surface area contributed by atoms with Gasteiger partial charge in [-0.25, -0.2) is 0 Å². The Morgan fingerprint density at radius 1 is 1.30 bits per heavy atom. The molecule has 0 atom stereocenters. The Kier molecular flexibility index (Phi) is 4.71. The average Bonchev–Trinajstić information content (AvgIpc) is 2.53. The lowest BCUT2D eigenvalue weighted by atomic mass is 10.1. The normalized spacial score (nSPS) is 10.1. The number of hydrogen-bond donors (Lipinski definition) is 1. The van der Waals surface area contributed by atoms with Crippen molar-refractivity contribution in [3.05, 3.63) is 59.4 Å². The van der Waals surface area contributed by atoms with E-state index in [1.165, 1.54) is 5.56 Å². The molecule has 4 heteroatoms. The van der Waals surface area contributed by atoms with Gasteiger partial charge in [0, 0.05) is 18.3 Å². The first-order valence-electron chi connectivity index (χ1n) is 6.59. The molecule has 0 radical (unpaired) electrons. The van der Waals surface area contributed by atoms with E-state index in [1.807, 2.05) is 12.1 Å². The van der Waals surface area contributed by atoms with Crippen LogP contribution in [0.1, 0.15) is 28.5 Å². The van der Waals surface area contributed by atoms with Crippen molar-refractivity contribution in [1.82, 2.24) is 10.3 Å². The van der Waals surface area contributed by atoms with Crippen LogP contribution in [-0.2, 0) is 13.0 Å². The number of pyridine rings is 1. The van der Waals surface area contributed by atoms with Crippen LogP contribution in [0.15, 0.2) is 42.6 Å². The summed E-state index contributed by atoms with van der Waals surface area (Å²) in [6.07, 6.45) is 2.55. The minimum atomic E-state index is -0.186. The first-order valence-corrected chi connectivity index (χ1v) is 6.59. The van der Waals surface area contributed by atoms with Gasteiger partial charge < -0.3 is 10.1 Å². The topological polar surface area (TPSA) is 51.2 Å². The Balaban J connectivity index is 2.08. The maximum Gasteiger partial charge on any atom is 0.270 e. The van der Waals surface area contributed by atoms with E-state index in [0.29, 0.717) is 12.2 Å². The number of carbonyl (C=O) groups excluding carboxylic acids is 1. The van der Waals surface area contributed by atoms with Gasteiger partial charge >= 0.3 is 0 Å². The van der Waals surface area contributed by atoms with Crippen molar-refractivity contribution in [3.63, 3.8) is 0 Å². The molecule has 0 fully saturated rings. The van der Waals surface area contributed by atoms with Crippen molar-refractivity contribution in [2.75, 3.05) is 7.11 Å². The SMILES string of the molecule is CCc1ccc(OC)c(CNC(=O)c2ccccn2)c1. The summed E-state index contributed by atoms with van der Waals surface area (Å²) < 4.78 is 5.32. The largest absolute Gasteiger partial charge is 0.496 e. The van der Waals surface area contributed by atoms with Crippen LogP contribution in [0.25, 0.3) is 0 Å². The maximum atomic E-state index is 12.0. The molecular weight excluding hydrogens is 252 g/mol. The molecule has 2 aromatic rings. The second kappa shape index (κ2) is 6.70. The van der Waals surface area contributed by atoms with Gasteiger partial charge in [-0.1, -0.05) is 25.1 Å². The summed E-state index contributed by atoms with van der Waals surface area (Å²) in [5, 5.41) is 2.86. The molecule has 0 saturated carbocycles. The molecule has 0 aliphatic heterocycles. The van der Waals surface area contributed by atoms with Crippen molar-refractivity contribution >= 4 is 5.91 Å². The van der Waals surface area contributed by atoms with Crippen LogP contribution in [0.5, 0.6) is 5.75 Å². The number of nitrogens with one attached hydrogen (secondary N) is 1. The Bertz CT molecular complexity index is 582. The Hall–Kier alpha value is -2.36. The molecule has 0 bridgehead atoms. The number of methoxy groups -OCH3 is 1. The van der Waals surface area contributed by atoms with Crippen molar-refractivity contribution in [3.8, 4) is 5.75 Å². The highest BCUT2D eigenvalue weighted by molar-refractivity contribution is 5.92. The molecule has 1 aromatic heterocycles. The molecule has 2 rings (SSSR count). The molecule has 4 nitrogen and oxygen atoms in total. The highest BCUT2D eigenvalue weighted by Crippen LogP contribution is 2.20. The highest BCUT2D eigenvalue weighted by Gasteiger charge is 2.08. The lowest BCUT2D eigenvalue weighted by Gasteiger charge is -2.11. The summed E-state index contributed by atoms with van der Waals surface area (Å²) in [5.41, 5.74) is 2.60. The Morgan fingerprint density at radius 3 is 2.80 bits per heavy atom. The van der Waals surface area contributed by atoms with Gasteiger partial charge in [0.15, 0.2) is 0 Å². The minimum Gasteiger partial charge on any atom is -0.496 e. The number of nitrogens with zero attached hydrogens (tertiary/aromatic N) is 1. The van der Waals surface area contributed by atoms with E-state index >= 15 is 0 Å². The number of aryl methyl sites for hydroxylation is 1. The van der Waals surface area contributed by atoms with Gasteiger partial charge in [-0.15, -0.1) is 0 Å². The summed E-state index contributed by atoms with van der Waals surface area (Å²) >= 11 is 0. The van der Waals surface area contributed by atoms with E-state index in [0.717, 1.165) is 17.7 Å². The smallest absolute Gasteiger partial charge is 0.270 e. The fourth-order valence-electron chi connectivity index (χ4n) is 1.95. The van der Waals surface area contributed by atoms with Crippen LogP contribution in [-0.4, -0.2) is 18.0 Å². The van der Waals surface area contributed by atoms with Gasteiger partial charge in [-0.3, -0.25) is 9.78 Å². The van der Waals surface area contributed by atoms with Crippen molar-refractivity contribution in [2.45, 2.75) is 19.9 Å². The molecule has 0 unspecified atom stereocenters. The van der Waals surface area contributed by atoms with Gasteiger partial charge in [0.1, 0.15) is 11.4 Å². The van der Waals surface area contributed by atoms with Gasteiger partial charge in [0.2, 0.25) is 0 Å². The summed E-state index contributed by atoms with van der Waals surface area (Å²) in [6, 6.07) is 11.3. The van der Waals surface area contributed by atoms with Gasteiger partial charge in [-0.2, -0.15) is 0 Å². The van der Waals surface area contributed by atoms with Crippen molar-refractivity contribution in [2.24, 2.45) is 0 Å². The monoisotopic (exact) mass is 270 g/mol. The molecule has 1 aromatic carbocycles. The first-order chi connectivity index (χ1) is 9.74. The number of hydrogen-bond acceptors (Lipinski definition) is 3. The zero-order valence-electron chi connectivity index (χ0n) is 11.7. The third kappa shape index (κ3) is 3.35. The maximum absolute atomic E-state index is 12.0. The Morgan fingerprint density at radius 2 is 2.15 bits per heavy atom. The average molecular weight is 270 g/mol. The Labute approximate surface area is 118 Å². The number of benzene rings is 1. The van der Waals surface area contributed by atoms with E-state index in [-0.39, 0.29) is 5.91 Å². The van der Waals surface area contributed by atoms with Gasteiger partial charge in [-0.05, 0) is 30.2 Å². The van der Waals surface area contributed by atoms with Crippen LogP contribution in [0.4, 0.5) is 0 Å². The quantitative estimate of drug-likeness (QED) is 0.908. The van der Waals surface area contributed by atoms with E-state index in [2.05, 4.69) is 23.3 Å². The minimum absolute atomic E-state index is 0.186. The van der Waals surface area contributed by atoms with E-state index < -0.39 is 0 Å². The number of carbonyl (C=O) groups is 1. The highest BCUT2D eigenvalue weighted by atomic mass is 16.5. The molecule has 104 valence electrons. The van der Waals surface area contributed by atoms with Gasteiger partial charge in [0.25, 0.3) is 5.91 Å². The lowest BCUT2D eigenvalue weighted by Crippen LogP contribution is -2.24.